The van der Waals surface area contributed by atoms with Gasteiger partial charge in [-0.3, -0.25) is 5.32 Å². The van der Waals surface area contributed by atoms with E-state index in [0.717, 1.165) is 5.56 Å². The van der Waals surface area contributed by atoms with Gasteiger partial charge in [0, 0.05) is 6.20 Å². The lowest BCUT2D eigenvalue weighted by Gasteiger charge is -2.20. The first-order valence-corrected chi connectivity index (χ1v) is 7.61. The Hall–Kier alpha value is -2.96. The molecule has 2 N–H and O–H groups in total. The molecule has 25 heavy (non-hydrogen) atoms. The standard InChI is InChI=1S/C18H19FN2O4/c1-18(2,3)25-17(24)21-14-9-12(10-20-15(14)16(22)23)8-11-4-6-13(19)7-5-11/h4-7,9-10H,8H2,1-3H3,(H,21,24)(H,22,23). The van der Waals surface area contributed by atoms with Crippen LogP contribution in [0, 0.1) is 5.82 Å². The number of nitrogens with zero attached hydrogens (tertiary/aromatic N) is 1. The molecule has 132 valence electrons. The number of amides is 1. The second-order valence-corrected chi connectivity index (χ2v) is 6.48. The highest BCUT2D eigenvalue weighted by Gasteiger charge is 2.20. The molecule has 0 saturated carbocycles. The number of hydrogen-bond acceptors (Lipinski definition) is 4. The van der Waals surface area contributed by atoms with Crippen LogP contribution in [-0.2, 0) is 11.2 Å². The number of pyridine rings is 1. The van der Waals surface area contributed by atoms with Gasteiger partial charge >= 0.3 is 12.1 Å². The van der Waals surface area contributed by atoms with Crippen molar-refractivity contribution < 1.29 is 23.8 Å². The van der Waals surface area contributed by atoms with Crippen molar-refractivity contribution in [3.8, 4) is 0 Å². The summed E-state index contributed by atoms with van der Waals surface area (Å²) in [6, 6.07) is 7.45. The third-order valence-electron chi connectivity index (χ3n) is 3.10. The molecular formula is C18H19FN2O4. The Morgan fingerprint density at radius 3 is 2.40 bits per heavy atom. The lowest BCUT2D eigenvalue weighted by Crippen LogP contribution is -2.28. The van der Waals surface area contributed by atoms with Crippen LogP contribution >= 0.6 is 0 Å². The highest BCUT2D eigenvalue weighted by atomic mass is 19.1. The van der Waals surface area contributed by atoms with E-state index in [4.69, 9.17) is 4.74 Å². The van der Waals surface area contributed by atoms with Gasteiger partial charge in [-0.1, -0.05) is 12.1 Å². The van der Waals surface area contributed by atoms with E-state index >= 15 is 0 Å². The molecule has 0 aliphatic carbocycles. The van der Waals surface area contributed by atoms with Crippen molar-refractivity contribution in [2.45, 2.75) is 32.8 Å². The van der Waals surface area contributed by atoms with Crippen molar-refractivity contribution in [2.24, 2.45) is 0 Å². The number of benzene rings is 1. The molecule has 0 aliphatic rings. The van der Waals surface area contributed by atoms with E-state index in [-0.39, 0.29) is 17.2 Å². The van der Waals surface area contributed by atoms with E-state index in [9.17, 15) is 19.1 Å². The zero-order valence-electron chi connectivity index (χ0n) is 14.2. The third-order valence-corrected chi connectivity index (χ3v) is 3.10. The first kappa shape index (κ1) is 18.4. The summed E-state index contributed by atoms with van der Waals surface area (Å²) in [5.74, 6) is -1.60. The van der Waals surface area contributed by atoms with Crippen LogP contribution in [0.1, 0.15) is 42.4 Å². The van der Waals surface area contributed by atoms with Crippen LogP contribution < -0.4 is 5.32 Å². The van der Waals surface area contributed by atoms with Crippen molar-refractivity contribution in [3.05, 3.63) is 59.2 Å². The predicted molar refractivity (Wildman–Crippen MR) is 90.3 cm³/mol. The van der Waals surface area contributed by atoms with Gasteiger partial charge in [0.25, 0.3) is 0 Å². The number of halogens is 1. The molecule has 6 nitrogen and oxygen atoms in total. The van der Waals surface area contributed by atoms with Crippen LogP contribution in [0.3, 0.4) is 0 Å². The zero-order chi connectivity index (χ0) is 18.6. The number of carbonyl (C=O) groups is 2. The second kappa shape index (κ2) is 7.29. The molecular weight excluding hydrogens is 327 g/mol. The highest BCUT2D eigenvalue weighted by Crippen LogP contribution is 2.19. The number of carboxylic acids is 1. The van der Waals surface area contributed by atoms with Gasteiger partial charge in [-0.15, -0.1) is 0 Å². The number of nitrogens with one attached hydrogen (secondary N) is 1. The first-order valence-electron chi connectivity index (χ1n) is 7.61. The summed E-state index contributed by atoms with van der Waals surface area (Å²) in [5.41, 5.74) is 0.541. The number of ether oxygens (including phenoxy) is 1. The van der Waals surface area contributed by atoms with Crippen LogP contribution in [0.2, 0.25) is 0 Å². The number of carbonyl (C=O) groups excluding carboxylic acids is 1. The number of hydrogen-bond donors (Lipinski definition) is 2. The minimum absolute atomic E-state index is 0.0429. The molecule has 2 aromatic rings. The molecule has 7 heteroatoms. The molecule has 1 aromatic carbocycles. The van der Waals surface area contributed by atoms with Gasteiger partial charge in [-0.25, -0.2) is 19.0 Å². The van der Waals surface area contributed by atoms with Gasteiger partial charge in [-0.05, 0) is 56.5 Å². The predicted octanol–water partition coefficient (Wildman–Crippen LogP) is 3.86. The smallest absolute Gasteiger partial charge is 0.412 e. The molecule has 0 fully saturated rings. The SMILES string of the molecule is CC(C)(C)OC(=O)Nc1cc(Cc2ccc(F)cc2)cnc1C(=O)O. The van der Waals surface area contributed by atoms with Crippen LogP contribution in [0.25, 0.3) is 0 Å². The Labute approximate surface area is 144 Å². The Morgan fingerprint density at radius 1 is 1.20 bits per heavy atom. The molecule has 0 saturated heterocycles. The van der Waals surface area contributed by atoms with E-state index in [1.54, 1.807) is 32.9 Å². The van der Waals surface area contributed by atoms with E-state index in [1.807, 2.05) is 0 Å². The summed E-state index contributed by atoms with van der Waals surface area (Å²) in [6.45, 7) is 5.11. The average molecular weight is 346 g/mol. The minimum atomic E-state index is -1.26. The molecule has 0 radical (unpaired) electrons. The number of aromatic carboxylic acids is 1. The Morgan fingerprint density at radius 2 is 1.84 bits per heavy atom. The number of anilines is 1. The van der Waals surface area contributed by atoms with Crippen LogP contribution in [0.5, 0.6) is 0 Å². The van der Waals surface area contributed by atoms with Gasteiger partial charge in [-0.2, -0.15) is 0 Å². The number of rotatable bonds is 4. The van der Waals surface area contributed by atoms with Crippen LogP contribution in [0.4, 0.5) is 14.9 Å². The quantitative estimate of drug-likeness (QED) is 0.878. The third kappa shape index (κ3) is 5.56. The van der Waals surface area contributed by atoms with Crippen molar-refractivity contribution in [2.75, 3.05) is 5.32 Å². The largest absolute Gasteiger partial charge is 0.476 e. The maximum atomic E-state index is 13.0. The van der Waals surface area contributed by atoms with Gasteiger partial charge in [0.2, 0.25) is 0 Å². The molecule has 0 atom stereocenters. The zero-order valence-corrected chi connectivity index (χ0v) is 14.2. The van der Waals surface area contributed by atoms with Crippen molar-refractivity contribution >= 4 is 17.7 Å². The van der Waals surface area contributed by atoms with Crippen LogP contribution in [0.15, 0.2) is 36.5 Å². The molecule has 0 aliphatic heterocycles. The van der Waals surface area contributed by atoms with Crippen molar-refractivity contribution in [3.63, 3.8) is 0 Å². The fourth-order valence-electron chi connectivity index (χ4n) is 2.12. The summed E-state index contributed by atoms with van der Waals surface area (Å²) in [7, 11) is 0. The van der Waals surface area contributed by atoms with Gasteiger partial charge < -0.3 is 9.84 Å². The normalized spacial score (nSPS) is 11.0. The Kier molecular flexibility index (Phi) is 5.36. The van der Waals surface area contributed by atoms with Crippen molar-refractivity contribution in [1.82, 2.24) is 4.98 Å². The summed E-state index contributed by atoms with van der Waals surface area (Å²) in [4.78, 5) is 27.1. The summed E-state index contributed by atoms with van der Waals surface area (Å²) in [6.07, 6.45) is 1.05. The lowest BCUT2D eigenvalue weighted by molar-refractivity contribution is 0.0636. The number of aromatic nitrogens is 1. The molecule has 1 heterocycles. The molecule has 0 unspecified atom stereocenters. The fraction of sp³-hybridized carbons (Fsp3) is 0.278. The molecule has 0 spiro atoms. The molecule has 1 aromatic heterocycles. The van der Waals surface area contributed by atoms with Crippen molar-refractivity contribution in [1.29, 1.82) is 0 Å². The van der Waals surface area contributed by atoms with Gasteiger partial charge in [0.05, 0.1) is 5.69 Å². The van der Waals surface area contributed by atoms with E-state index in [0.29, 0.717) is 12.0 Å². The lowest BCUT2D eigenvalue weighted by atomic mass is 10.1. The van der Waals surface area contributed by atoms with Crippen LogP contribution in [-0.4, -0.2) is 27.8 Å². The topological polar surface area (TPSA) is 88.5 Å². The highest BCUT2D eigenvalue weighted by molar-refractivity contribution is 5.97. The maximum absolute atomic E-state index is 13.0. The summed E-state index contributed by atoms with van der Waals surface area (Å²) < 4.78 is 18.1. The van der Waals surface area contributed by atoms with Gasteiger partial charge in [0.1, 0.15) is 11.4 Å². The van der Waals surface area contributed by atoms with Gasteiger partial charge in [0.15, 0.2) is 5.69 Å². The van der Waals surface area contributed by atoms with E-state index < -0.39 is 17.7 Å². The fourth-order valence-corrected chi connectivity index (χ4v) is 2.12. The second-order valence-electron chi connectivity index (χ2n) is 6.48. The summed E-state index contributed by atoms with van der Waals surface area (Å²) in [5, 5.41) is 11.6. The van der Waals surface area contributed by atoms with E-state index in [1.165, 1.54) is 24.4 Å². The maximum Gasteiger partial charge on any atom is 0.412 e. The summed E-state index contributed by atoms with van der Waals surface area (Å²) >= 11 is 0. The Bertz CT molecular complexity index is 783. The average Bonchev–Trinajstić information content (AvgIpc) is 2.47. The Balaban J connectivity index is 2.25. The molecule has 2 rings (SSSR count). The first-order chi connectivity index (χ1) is 11.6. The molecule has 0 bridgehead atoms. The molecule has 1 amide bonds. The van der Waals surface area contributed by atoms with E-state index in [2.05, 4.69) is 10.3 Å². The minimum Gasteiger partial charge on any atom is -0.476 e. The number of carboxylic acid groups (broad SMARTS) is 1. The monoisotopic (exact) mass is 346 g/mol.